The number of rotatable bonds is 2. The highest BCUT2D eigenvalue weighted by atomic mass is 16.4. The summed E-state index contributed by atoms with van der Waals surface area (Å²) in [6.45, 7) is 5.81. The van der Waals surface area contributed by atoms with Crippen molar-refractivity contribution < 1.29 is 10.0 Å². The average Bonchev–Trinajstić information content (AvgIpc) is 2.47. The number of oxime groups is 1. The molecule has 0 aromatic carbocycles. The van der Waals surface area contributed by atoms with Crippen LogP contribution in [0.1, 0.15) is 20.3 Å². The molecule has 0 aromatic rings. The van der Waals surface area contributed by atoms with Crippen LogP contribution in [0.5, 0.6) is 0 Å². The van der Waals surface area contributed by atoms with Crippen LogP contribution in [0.25, 0.3) is 0 Å². The Morgan fingerprint density at radius 1 is 1.50 bits per heavy atom. The van der Waals surface area contributed by atoms with Crippen molar-refractivity contribution in [1.82, 2.24) is 4.90 Å². The molecule has 1 amide bonds. The van der Waals surface area contributed by atoms with Crippen molar-refractivity contribution in [1.29, 1.82) is 0 Å². The molecule has 5 nitrogen and oxygen atoms in total. The zero-order valence-corrected chi connectivity index (χ0v) is 8.60. The van der Waals surface area contributed by atoms with Crippen molar-refractivity contribution in [2.45, 2.75) is 20.3 Å². The highest BCUT2D eigenvalue weighted by Crippen LogP contribution is 2.22. The van der Waals surface area contributed by atoms with Gasteiger partial charge in [-0.1, -0.05) is 19.0 Å². The zero-order valence-electron chi connectivity index (χ0n) is 8.60. The SMILES string of the molecule is CC1CN(C(=O)CC(N)=NO)CC1C. The molecule has 80 valence electrons. The van der Waals surface area contributed by atoms with Gasteiger partial charge in [-0.15, -0.1) is 0 Å². The van der Waals surface area contributed by atoms with Crippen LogP contribution in [0.4, 0.5) is 0 Å². The average molecular weight is 199 g/mol. The Balaban J connectivity index is 2.47. The molecule has 3 N–H and O–H groups in total. The van der Waals surface area contributed by atoms with E-state index in [1.54, 1.807) is 4.90 Å². The first-order valence-electron chi connectivity index (χ1n) is 4.78. The van der Waals surface area contributed by atoms with Crippen LogP contribution in [-0.2, 0) is 4.79 Å². The molecule has 0 bridgehead atoms. The van der Waals surface area contributed by atoms with Gasteiger partial charge in [0.2, 0.25) is 5.91 Å². The summed E-state index contributed by atoms with van der Waals surface area (Å²) in [6, 6.07) is 0. The van der Waals surface area contributed by atoms with Crippen molar-refractivity contribution >= 4 is 11.7 Å². The molecule has 1 fully saturated rings. The fraction of sp³-hybridized carbons (Fsp3) is 0.778. The molecule has 1 saturated heterocycles. The molecule has 0 aliphatic carbocycles. The van der Waals surface area contributed by atoms with E-state index < -0.39 is 0 Å². The largest absolute Gasteiger partial charge is 0.409 e. The third-order valence-electron chi connectivity index (χ3n) is 2.80. The Morgan fingerprint density at radius 3 is 2.43 bits per heavy atom. The molecular weight excluding hydrogens is 182 g/mol. The van der Waals surface area contributed by atoms with E-state index in [1.165, 1.54) is 0 Å². The summed E-state index contributed by atoms with van der Waals surface area (Å²) in [7, 11) is 0. The van der Waals surface area contributed by atoms with Crippen LogP contribution >= 0.6 is 0 Å². The Bertz CT molecular complexity index is 242. The second-order valence-corrected chi connectivity index (χ2v) is 4.02. The van der Waals surface area contributed by atoms with E-state index >= 15 is 0 Å². The zero-order chi connectivity index (χ0) is 10.7. The van der Waals surface area contributed by atoms with Gasteiger partial charge in [-0.25, -0.2) is 0 Å². The lowest BCUT2D eigenvalue weighted by molar-refractivity contribution is -0.129. The topological polar surface area (TPSA) is 78.9 Å². The molecule has 2 unspecified atom stereocenters. The molecule has 14 heavy (non-hydrogen) atoms. The van der Waals surface area contributed by atoms with E-state index in [1.807, 2.05) is 0 Å². The minimum atomic E-state index is -0.0588. The third-order valence-corrected chi connectivity index (χ3v) is 2.80. The fourth-order valence-electron chi connectivity index (χ4n) is 1.64. The number of hydrogen-bond donors (Lipinski definition) is 2. The first kappa shape index (κ1) is 10.8. The minimum absolute atomic E-state index is 0.00986. The molecule has 0 saturated carbocycles. The van der Waals surface area contributed by atoms with Crippen LogP contribution in [0, 0.1) is 11.8 Å². The van der Waals surface area contributed by atoms with Gasteiger partial charge in [0.25, 0.3) is 0 Å². The summed E-state index contributed by atoms with van der Waals surface area (Å²) in [5.74, 6) is 0.983. The van der Waals surface area contributed by atoms with Gasteiger partial charge in [-0.2, -0.15) is 0 Å². The smallest absolute Gasteiger partial charge is 0.230 e. The highest BCUT2D eigenvalue weighted by molar-refractivity contribution is 5.98. The number of amides is 1. The van der Waals surface area contributed by atoms with Gasteiger partial charge in [-0.05, 0) is 11.8 Å². The van der Waals surface area contributed by atoms with E-state index in [2.05, 4.69) is 19.0 Å². The van der Waals surface area contributed by atoms with Gasteiger partial charge in [0.05, 0.1) is 6.42 Å². The fourth-order valence-corrected chi connectivity index (χ4v) is 1.64. The quantitative estimate of drug-likeness (QED) is 0.289. The van der Waals surface area contributed by atoms with E-state index in [0.29, 0.717) is 11.8 Å². The van der Waals surface area contributed by atoms with Crippen LogP contribution in [-0.4, -0.2) is 34.9 Å². The van der Waals surface area contributed by atoms with E-state index in [4.69, 9.17) is 10.9 Å². The standard InChI is InChI=1S/C9H17N3O2/c1-6-4-12(5-7(6)2)9(13)3-8(10)11-14/h6-7,14H,3-5H2,1-2H3,(H2,10,11). The minimum Gasteiger partial charge on any atom is -0.409 e. The molecule has 0 radical (unpaired) electrons. The lowest BCUT2D eigenvalue weighted by Crippen LogP contribution is -2.32. The monoisotopic (exact) mass is 199 g/mol. The summed E-state index contributed by atoms with van der Waals surface area (Å²) in [5, 5.41) is 11.1. The summed E-state index contributed by atoms with van der Waals surface area (Å²) in [4.78, 5) is 13.3. The van der Waals surface area contributed by atoms with Gasteiger partial charge in [0, 0.05) is 13.1 Å². The molecule has 0 spiro atoms. The van der Waals surface area contributed by atoms with Crippen LogP contribution in [0.15, 0.2) is 5.16 Å². The first-order valence-corrected chi connectivity index (χ1v) is 4.78. The predicted molar refractivity (Wildman–Crippen MR) is 52.9 cm³/mol. The Morgan fingerprint density at radius 2 is 2.00 bits per heavy atom. The van der Waals surface area contributed by atoms with Crippen LogP contribution < -0.4 is 5.73 Å². The van der Waals surface area contributed by atoms with Crippen molar-refractivity contribution in [3.05, 3.63) is 0 Å². The second-order valence-electron chi connectivity index (χ2n) is 4.02. The van der Waals surface area contributed by atoms with Gasteiger partial charge < -0.3 is 15.8 Å². The number of nitrogens with two attached hydrogens (primary N) is 1. The highest BCUT2D eigenvalue weighted by Gasteiger charge is 2.29. The molecule has 1 rings (SSSR count). The van der Waals surface area contributed by atoms with Crippen molar-refractivity contribution in [3.8, 4) is 0 Å². The van der Waals surface area contributed by atoms with E-state index in [9.17, 15) is 4.79 Å². The molecule has 0 aromatic heterocycles. The van der Waals surface area contributed by atoms with Gasteiger partial charge in [-0.3, -0.25) is 4.79 Å². The maximum absolute atomic E-state index is 11.6. The number of carbonyl (C=O) groups is 1. The number of carbonyl (C=O) groups excluding carboxylic acids is 1. The number of nitrogens with zero attached hydrogens (tertiary/aromatic N) is 2. The molecular formula is C9H17N3O2. The van der Waals surface area contributed by atoms with Crippen LogP contribution in [0.2, 0.25) is 0 Å². The molecule has 5 heteroatoms. The number of hydrogen-bond acceptors (Lipinski definition) is 3. The maximum atomic E-state index is 11.6. The predicted octanol–water partition coefficient (Wildman–Crippen LogP) is 0.237. The number of likely N-dealkylation sites (tertiary alicyclic amines) is 1. The maximum Gasteiger partial charge on any atom is 0.230 e. The second kappa shape index (κ2) is 4.30. The van der Waals surface area contributed by atoms with E-state index in [-0.39, 0.29) is 18.2 Å². The summed E-state index contributed by atoms with van der Waals surface area (Å²) >= 11 is 0. The van der Waals surface area contributed by atoms with Gasteiger partial charge in [0.1, 0.15) is 5.84 Å². The van der Waals surface area contributed by atoms with Gasteiger partial charge in [0.15, 0.2) is 0 Å². The lowest BCUT2D eigenvalue weighted by atomic mass is 10.0. The Hall–Kier alpha value is -1.26. The van der Waals surface area contributed by atoms with Crippen LogP contribution in [0.3, 0.4) is 0 Å². The Labute approximate surface area is 83.6 Å². The summed E-state index contributed by atoms with van der Waals surface area (Å²) in [5.41, 5.74) is 5.26. The summed E-state index contributed by atoms with van der Waals surface area (Å²) in [6.07, 6.45) is 0.00986. The van der Waals surface area contributed by atoms with Gasteiger partial charge >= 0.3 is 0 Å². The normalized spacial score (nSPS) is 28.1. The molecule has 1 heterocycles. The lowest BCUT2D eigenvalue weighted by Gasteiger charge is -2.15. The van der Waals surface area contributed by atoms with Crippen molar-refractivity contribution in [3.63, 3.8) is 0 Å². The first-order chi connectivity index (χ1) is 6.54. The molecule has 2 atom stereocenters. The van der Waals surface area contributed by atoms with Crippen molar-refractivity contribution in [2.24, 2.45) is 22.7 Å². The Kier molecular flexibility index (Phi) is 3.33. The van der Waals surface area contributed by atoms with Crippen molar-refractivity contribution in [2.75, 3.05) is 13.1 Å². The molecule has 1 aliphatic rings. The summed E-state index contributed by atoms with van der Waals surface area (Å²) < 4.78 is 0. The number of amidine groups is 1. The molecule has 1 aliphatic heterocycles. The third kappa shape index (κ3) is 2.37. The van der Waals surface area contributed by atoms with E-state index in [0.717, 1.165) is 13.1 Å².